The van der Waals surface area contributed by atoms with Gasteiger partial charge in [0, 0.05) is 33.8 Å². The molecule has 1 aliphatic heterocycles. The molecule has 1 aliphatic rings. The Morgan fingerprint density at radius 1 is 1.11 bits per heavy atom. The van der Waals surface area contributed by atoms with Crippen LogP contribution in [0.1, 0.15) is 36.5 Å². The molecule has 0 radical (unpaired) electrons. The first-order chi connectivity index (χ1) is 13.0. The Morgan fingerprint density at radius 3 is 2.37 bits per heavy atom. The van der Waals surface area contributed by atoms with Crippen molar-refractivity contribution >= 4 is 34.8 Å². The summed E-state index contributed by atoms with van der Waals surface area (Å²) < 4.78 is 0. The van der Waals surface area contributed by atoms with Crippen molar-refractivity contribution in [3.05, 3.63) is 63.1 Å². The van der Waals surface area contributed by atoms with E-state index < -0.39 is 0 Å². The highest BCUT2D eigenvalue weighted by Crippen LogP contribution is 2.29. The molecule has 0 bridgehead atoms. The summed E-state index contributed by atoms with van der Waals surface area (Å²) in [6.45, 7) is 6.63. The van der Waals surface area contributed by atoms with Crippen LogP contribution in [-0.4, -0.2) is 23.9 Å². The molecule has 2 aromatic rings. The van der Waals surface area contributed by atoms with Crippen LogP contribution in [-0.2, 0) is 17.8 Å². The topological polar surface area (TPSA) is 32.3 Å². The lowest BCUT2D eigenvalue weighted by Crippen LogP contribution is -2.38. The SMILES string of the molecule is CCc1cccc(C)c1NC(=O)C1CCN(Cc2c(Cl)cccc2Cl)CC1. The zero-order chi connectivity index (χ0) is 19.4. The van der Waals surface area contributed by atoms with Gasteiger partial charge in [-0.25, -0.2) is 0 Å². The van der Waals surface area contributed by atoms with Gasteiger partial charge in [-0.2, -0.15) is 0 Å². The number of nitrogens with zero attached hydrogens (tertiary/aromatic N) is 1. The second-order valence-corrected chi connectivity index (χ2v) is 8.02. The molecule has 0 unspecified atom stereocenters. The fraction of sp³-hybridized carbons (Fsp3) is 0.409. The summed E-state index contributed by atoms with van der Waals surface area (Å²) in [5.74, 6) is 0.182. The highest BCUT2D eigenvalue weighted by Gasteiger charge is 2.26. The minimum atomic E-state index is 0.0484. The van der Waals surface area contributed by atoms with Gasteiger partial charge in [0.05, 0.1) is 0 Å². The number of halogens is 2. The first kappa shape index (κ1) is 20.2. The van der Waals surface area contributed by atoms with Gasteiger partial charge in [-0.05, 0) is 62.5 Å². The number of carbonyl (C=O) groups is 1. The third-order valence-corrected chi connectivity index (χ3v) is 6.10. The number of para-hydroxylation sites is 1. The lowest BCUT2D eigenvalue weighted by Gasteiger charge is -2.32. The number of benzene rings is 2. The highest BCUT2D eigenvalue weighted by molar-refractivity contribution is 6.35. The van der Waals surface area contributed by atoms with Crippen LogP contribution in [0.25, 0.3) is 0 Å². The summed E-state index contributed by atoms with van der Waals surface area (Å²) in [5, 5.41) is 4.59. The fourth-order valence-electron chi connectivity index (χ4n) is 3.69. The number of aryl methyl sites for hydroxylation is 2. The molecule has 1 amide bonds. The van der Waals surface area contributed by atoms with Crippen molar-refractivity contribution in [3.63, 3.8) is 0 Å². The minimum absolute atomic E-state index is 0.0484. The maximum absolute atomic E-state index is 12.8. The maximum Gasteiger partial charge on any atom is 0.227 e. The van der Waals surface area contributed by atoms with Gasteiger partial charge in [0.15, 0.2) is 0 Å². The van der Waals surface area contributed by atoms with Crippen molar-refractivity contribution in [2.75, 3.05) is 18.4 Å². The second kappa shape index (κ2) is 9.09. The Kier molecular flexibility index (Phi) is 6.80. The van der Waals surface area contributed by atoms with Crippen molar-refractivity contribution < 1.29 is 4.79 Å². The molecule has 0 spiro atoms. The molecule has 0 atom stereocenters. The smallest absolute Gasteiger partial charge is 0.227 e. The predicted molar refractivity (Wildman–Crippen MR) is 114 cm³/mol. The van der Waals surface area contributed by atoms with Crippen molar-refractivity contribution in [1.82, 2.24) is 4.90 Å². The molecule has 27 heavy (non-hydrogen) atoms. The first-order valence-corrected chi connectivity index (χ1v) is 10.3. The molecular formula is C22H26Cl2N2O. The minimum Gasteiger partial charge on any atom is -0.325 e. The largest absolute Gasteiger partial charge is 0.325 e. The van der Waals surface area contributed by atoms with Gasteiger partial charge in [-0.3, -0.25) is 9.69 Å². The number of carbonyl (C=O) groups excluding carboxylic acids is 1. The molecule has 5 heteroatoms. The zero-order valence-corrected chi connectivity index (χ0v) is 17.4. The summed E-state index contributed by atoms with van der Waals surface area (Å²) in [6, 6.07) is 11.8. The fourth-order valence-corrected chi connectivity index (χ4v) is 4.20. The van der Waals surface area contributed by atoms with Gasteiger partial charge in [-0.1, -0.05) is 54.4 Å². The molecule has 1 N–H and O–H groups in total. The van der Waals surface area contributed by atoms with Crippen LogP contribution in [0.5, 0.6) is 0 Å². The monoisotopic (exact) mass is 404 g/mol. The van der Waals surface area contributed by atoms with E-state index >= 15 is 0 Å². The van der Waals surface area contributed by atoms with Crippen molar-refractivity contribution in [2.24, 2.45) is 5.92 Å². The van der Waals surface area contributed by atoms with E-state index in [1.165, 1.54) is 5.56 Å². The molecule has 3 nitrogen and oxygen atoms in total. The Morgan fingerprint density at radius 2 is 1.74 bits per heavy atom. The average molecular weight is 405 g/mol. The van der Waals surface area contributed by atoms with E-state index in [1.807, 2.05) is 37.3 Å². The standard InChI is InChI=1S/C22H26Cl2N2O/c1-3-16-7-4-6-15(2)21(16)25-22(27)17-10-12-26(13-11-17)14-18-19(23)8-5-9-20(18)24/h4-9,17H,3,10-14H2,1-2H3,(H,25,27). The van der Waals surface area contributed by atoms with E-state index in [1.54, 1.807) is 0 Å². The van der Waals surface area contributed by atoms with Crippen LogP contribution in [0.2, 0.25) is 10.0 Å². The Labute approximate surface area is 171 Å². The third kappa shape index (κ3) is 4.84. The van der Waals surface area contributed by atoms with Crippen molar-refractivity contribution in [3.8, 4) is 0 Å². The van der Waals surface area contributed by atoms with Gasteiger partial charge in [0.2, 0.25) is 5.91 Å². The van der Waals surface area contributed by atoms with Crippen LogP contribution < -0.4 is 5.32 Å². The van der Waals surface area contributed by atoms with Crippen LogP contribution in [0.4, 0.5) is 5.69 Å². The maximum atomic E-state index is 12.8. The third-order valence-electron chi connectivity index (χ3n) is 5.39. The molecule has 0 saturated carbocycles. The summed E-state index contributed by atoms with van der Waals surface area (Å²) in [7, 11) is 0. The van der Waals surface area contributed by atoms with Crippen LogP contribution >= 0.6 is 23.2 Å². The first-order valence-electron chi connectivity index (χ1n) is 9.54. The summed E-state index contributed by atoms with van der Waals surface area (Å²) in [5.41, 5.74) is 4.26. The highest BCUT2D eigenvalue weighted by atomic mass is 35.5. The summed E-state index contributed by atoms with van der Waals surface area (Å²) in [4.78, 5) is 15.1. The quantitative estimate of drug-likeness (QED) is 0.691. The van der Waals surface area contributed by atoms with Gasteiger partial charge < -0.3 is 5.32 Å². The molecular weight excluding hydrogens is 379 g/mol. The number of hydrogen-bond acceptors (Lipinski definition) is 2. The molecule has 2 aromatic carbocycles. The van der Waals surface area contributed by atoms with E-state index in [0.717, 1.165) is 55.7 Å². The number of nitrogens with one attached hydrogen (secondary N) is 1. The molecule has 144 valence electrons. The molecule has 0 aromatic heterocycles. The lowest BCUT2D eigenvalue weighted by atomic mass is 9.95. The van der Waals surface area contributed by atoms with Crippen molar-refractivity contribution in [1.29, 1.82) is 0 Å². The van der Waals surface area contributed by atoms with Gasteiger partial charge in [-0.15, -0.1) is 0 Å². The number of likely N-dealkylation sites (tertiary alicyclic amines) is 1. The zero-order valence-electron chi connectivity index (χ0n) is 15.9. The predicted octanol–water partition coefficient (Wildman–Crippen LogP) is 5.71. The average Bonchev–Trinajstić information content (AvgIpc) is 2.67. The summed E-state index contributed by atoms with van der Waals surface area (Å²) >= 11 is 12.6. The molecule has 3 rings (SSSR count). The number of amides is 1. The lowest BCUT2D eigenvalue weighted by molar-refractivity contribution is -0.121. The van der Waals surface area contributed by atoms with Gasteiger partial charge in [0.25, 0.3) is 0 Å². The summed E-state index contributed by atoms with van der Waals surface area (Å²) in [6.07, 6.45) is 2.61. The normalized spacial score (nSPS) is 15.7. The van der Waals surface area contributed by atoms with Crippen LogP contribution in [0, 0.1) is 12.8 Å². The Balaban J connectivity index is 1.59. The van der Waals surface area contributed by atoms with E-state index in [4.69, 9.17) is 23.2 Å². The molecule has 0 aliphatic carbocycles. The number of piperidine rings is 1. The van der Waals surface area contributed by atoms with Crippen LogP contribution in [0.3, 0.4) is 0 Å². The van der Waals surface area contributed by atoms with Gasteiger partial charge >= 0.3 is 0 Å². The number of hydrogen-bond donors (Lipinski definition) is 1. The second-order valence-electron chi connectivity index (χ2n) is 7.20. The number of rotatable bonds is 5. The Bertz CT molecular complexity index is 794. The Hall–Kier alpha value is -1.55. The van der Waals surface area contributed by atoms with Gasteiger partial charge in [0.1, 0.15) is 0 Å². The van der Waals surface area contributed by atoms with E-state index in [9.17, 15) is 4.79 Å². The number of anilines is 1. The van der Waals surface area contributed by atoms with E-state index in [0.29, 0.717) is 10.0 Å². The molecule has 1 saturated heterocycles. The van der Waals surface area contributed by atoms with Crippen LogP contribution in [0.15, 0.2) is 36.4 Å². The molecule has 1 heterocycles. The molecule has 1 fully saturated rings. The van der Waals surface area contributed by atoms with E-state index in [-0.39, 0.29) is 11.8 Å². The van der Waals surface area contributed by atoms with E-state index in [2.05, 4.69) is 23.2 Å². The van der Waals surface area contributed by atoms with Crippen molar-refractivity contribution in [2.45, 2.75) is 39.7 Å².